The highest BCUT2D eigenvalue weighted by molar-refractivity contribution is 7.13. The first-order chi connectivity index (χ1) is 16.0. The molecule has 2 aromatic carbocycles. The molecule has 7 nitrogen and oxygen atoms in total. The van der Waals surface area contributed by atoms with Gasteiger partial charge in [0.05, 0.1) is 16.1 Å². The van der Waals surface area contributed by atoms with E-state index in [1.54, 1.807) is 31.2 Å². The Balaban J connectivity index is 1.83. The fourth-order valence-electron chi connectivity index (χ4n) is 3.55. The number of fused-ring (bicyclic) bond motifs is 1. The Hall–Kier alpha value is -3.91. The molecular formula is C23H17F3N4O3S. The number of aromatic nitrogens is 3. The van der Waals surface area contributed by atoms with Gasteiger partial charge in [0.1, 0.15) is 17.5 Å². The maximum atomic E-state index is 13.2. The van der Waals surface area contributed by atoms with Gasteiger partial charge in [0, 0.05) is 24.1 Å². The van der Waals surface area contributed by atoms with Crippen molar-refractivity contribution in [3.05, 3.63) is 74.6 Å². The van der Waals surface area contributed by atoms with Crippen molar-refractivity contribution in [3.8, 4) is 28.8 Å². The van der Waals surface area contributed by atoms with Crippen LogP contribution in [0.5, 0.6) is 5.75 Å². The second kappa shape index (κ2) is 8.46. The standard InChI is InChI=1S/C23H17F3N4O3S/c1-12-8-14(4-6-17(12)33-13(2)11-27)21-16-9-15(5-7-18(16)34-28-21)30-20(31)10-19(23(24,25)26)29(3)22(30)32/h4-10,13H,1-3H3. The van der Waals surface area contributed by atoms with Crippen molar-refractivity contribution in [2.45, 2.75) is 26.1 Å². The normalized spacial score (nSPS) is 12.5. The smallest absolute Gasteiger partial charge is 0.431 e. The first-order valence-electron chi connectivity index (χ1n) is 9.98. The lowest BCUT2D eigenvalue weighted by Gasteiger charge is -2.14. The Morgan fingerprint density at radius 1 is 1.15 bits per heavy atom. The number of nitriles is 1. The number of benzene rings is 2. The quantitative estimate of drug-likeness (QED) is 0.426. The number of hydrogen-bond donors (Lipinski definition) is 0. The molecule has 4 aromatic rings. The molecule has 1 unspecified atom stereocenters. The highest BCUT2D eigenvalue weighted by atomic mass is 32.1. The van der Waals surface area contributed by atoms with Gasteiger partial charge >= 0.3 is 11.9 Å². The van der Waals surface area contributed by atoms with Crippen LogP contribution < -0.4 is 16.0 Å². The van der Waals surface area contributed by atoms with Crippen molar-refractivity contribution < 1.29 is 17.9 Å². The number of ether oxygens (including phenoxy) is 1. The van der Waals surface area contributed by atoms with Gasteiger partial charge in [0.2, 0.25) is 0 Å². The molecular weight excluding hydrogens is 469 g/mol. The SMILES string of the molecule is Cc1cc(-c2nsc3ccc(-n4c(=O)cc(C(F)(F)F)n(C)c4=O)cc23)ccc1OC(C)C#N. The first kappa shape index (κ1) is 23.3. The van der Waals surface area contributed by atoms with Crippen molar-refractivity contribution >= 4 is 21.6 Å². The predicted octanol–water partition coefficient (Wildman–Crippen LogP) is 4.43. The van der Waals surface area contributed by atoms with Gasteiger partial charge in [-0.2, -0.15) is 22.8 Å². The van der Waals surface area contributed by atoms with E-state index in [4.69, 9.17) is 10.00 Å². The van der Waals surface area contributed by atoms with E-state index in [0.717, 1.165) is 22.9 Å². The van der Waals surface area contributed by atoms with E-state index in [0.29, 0.717) is 32.0 Å². The Morgan fingerprint density at radius 3 is 2.53 bits per heavy atom. The molecule has 0 N–H and O–H groups in total. The summed E-state index contributed by atoms with van der Waals surface area (Å²) in [5, 5.41) is 9.59. The average molecular weight is 486 g/mol. The third-order valence-corrected chi connectivity index (χ3v) is 6.08. The first-order valence-corrected chi connectivity index (χ1v) is 10.8. The largest absolute Gasteiger partial charge is 0.476 e. The van der Waals surface area contributed by atoms with E-state index >= 15 is 0 Å². The monoisotopic (exact) mass is 486 g/mol. The van der Waals surface area contributed by atoms with Crippen LogP contribution in [0.1, 0.15) is 18.2 Å². The Labute approximate surface area is 195 Å². The van der Waals surface area contributed by atoms with Crippen LogP contribution in [0.3, 0.4) is 0 Å². The van der Waals surface area contributed by atoms with Gasteiger partial charge < -0.3 is 4.74 Å². The molecule has 0 radical (unpaired) electrons. The lowest BCUT2D eigenvalue weighted by atomic mass is 10.0. The van der Waals surface area contributed by atoms with E-state index in [1.165, 1.54) is 17.6 Å². The number of aryl methyl sites for hydroxylation is 1. The molecule has 0 aliphatic carbocycles. The fourth-order valence-corrected chi connectivity index (χ4v) is 4.33. The summed E-state index contributed by atoms with van der Waals surface area (Å²) < 4.78 is 51.4. The highest BCUT2D eigenvalue weighted by Gasteiger charge is 2.35. The van der Waals surface area contributed by atoms with Gasteiger partial charge in [-0.15, -0.1) is 0 Å². The summed E-state index contributed by atoms with van der Waals surface area (Å²) in [6.07, 6.45) is -5.45. The number of alkyl halides is 3. The molecule has 0 aliphatic rings. The summed E-state index contributed by atoms with van der Waals surface area (Å²) in [4.78, 5) is 25.1. The molecule has 1 atom stereocenters. The summed E-state index contributed by atoms with van der Waals surface area (Å²) in [5.74, 6) is 0.554. The summed E-state index contributed by atoms with van der Waals surface area (Å²) >= 11 is 1.21. The van der Waals surface area contributed by atoms with Crippen LogP contribution in [-0.4, -0.2) is 19.6 Å². The predicted molar refractivity (Wildman–Crippen MR) is 121 cm³/mol. The molecule has 0 spiro atoms. The topological polar surface area (TPSA) is 89.9 Å². The number of hydrogen-bond acceptors (Lipinski definition) is 6. The Morgan fingerprint density at radius 2 is 1.88 bits per heavy atom. The summed E-state index contributed by atoms with van der Waals surface area (Å²) in [7, 11) is 0.969. The zero-order valence-corrected chi connectivity index (χ0v) is 19.0. The third-order valence-electron chi connectivity index (χ3n) is 5.26. The zero-order chi connectivity index (χ0) is 24.8. The van der Waals surface area contributed by atoms with Gasteiger partial charge in [-0.3, -0.25) is 9.36 Å². The Bertz CT molecular complexity index is 1580. The van der Waals surface area contributed by atoms with Crippen LogP contribution >= 0.6 is 11.5 Å². The van der Waals surface area contributed by atoms with Crippen LogP contribution in [0.2, 0.25) is 0 Å². The summed E-state index contributed by atoms with van der Waals surface area (Å²) in [6.45, 7) is 3.46. The minimum absolute atomic E-state index is 0.132. The molecule has 2 aromatic heterocycles. The molecule has 11 heteroatoms. The maximum Gasteiger partial charge on any atom is 0.431 e. The molecule has 4 rings (SSSR count). The molecule has 0 saturated heterocycles. The van der Waals surface area contributed by atoms with Gasteiger partial charge in [-0.1, -0.05) is 0 Å². The lowest BCUT2D eigenvalue weighted by Crippen LogP contribution is -2.40. The van der Waals surface area contributed by atoms with E-state index in [2.05, 4.69) is 4.37 Å². The van der Waals surface area contributed by atoms with E-state index < -0.39 is 29.2 Å². The minimum atomic E-state index is -4.83. The maximum absolute atomic E-state index is 13.2. The van der Waals surface area contributed by atoms with E-state index in [-0.39, 0.29) is 5.69 Å². The minimum Gasteiger partial charge on any atom is -0.476 e. The van der Waals surface area contributed by atoms with E-state index in [1.807, 2.05) is 19.1 Å². The molecule has 2 heterocycles. The van der Waals surface area contributed by atoms with Crippen molar-refractivity contribution in [2.24, 2.45) is 7.05 Å². The summed E-state index contributed by atoms with van der Waals surface area (Å²) in [5.41, 5.74) is -1.26. The molecule has 0 bridgehead atoms. The second-order valence-corrected chi connectivity index (χ2v) is 8.43. The molecule has 0 saturated carbocycles. The second-order valence-electron chi connectivity index (χ2n) is 7.62. The molecule has 174 valence electrons. The van der Waals surface area contributed by atoms with Crippen molar-refractivity contribution in [1.29, 1.82) is 5.26 Å². The summed E-state index contributed by atoms with van der Waals surface area (Å²) in [6, 6.07) is 12.5. The van der Waals surface area contributed by atoms with Gasteiger partial charge in [-0.05, 0) is 67.3 Å². The van der Waals surface area contributed by atoms with Crippen LogP contribution in [0, 0.1) is 18.3 Å². The van der Waals surface area contributed by atoms with Crippen molar-refractivity contribution in [3.63, 3.8) is 0 Å². The number of halogens is 3. The van der Waals surface area contributed by atoms with Crippen LogP contribution in [0.4, 0.5) is 13.2 Å². The molecule has 0 amide bonds. The number of nitrogens with zero attached hydrogens (tertiary/aromatic N) is 4. The number of rotatable bonds is 4. The van der Waals surface area contributed by atoms with Crippen LogP contribution in [0.25, 0.3) is 27.0 Å². The third kappa shape index (κ3) is 4.08. The Kier molecular flexibility index (Phi) is 5.79. The lowest BCUT2D eigenvalue weighted by molar-refractivity contribution is -0.144. The molecule has 34 heavy (non-hydrogen) atoms. The zero-order valence-electron chi connectivity index (χ0n) is 18.2. The fraction of sp³-hybridized carbons (Fsp3) is 0.217. The van der Waals surface area contributed by atoms with Gasteiger partial charge in [0.25, 0.3) is 5.56 Å². The van der Waals surface area contributed by atoms with Crippen LogP contribution in [-0.2, 0) is 13.2 Å². The molecule has 0 aliphatic heterocycles. The van der Waals surface area contributed by atoms with E-state index in [9.17, 15) is 22.8 Å². The van der Waals surface area contributed by atoms with Crippen molar-refractivity contribution in [2.75, 3.05) is 0 Å². The van der Waals surface area contributed by atoms with Crippen LogP contribution in [0.15, 0.2) is 52.1 Å². The van der Waals surface area contributed by atoms with Gasteiger partial charge in [-0.25, -0.2) is 9.36 Å². The highest BCUT2D eigenvalue weighted by Crippen LogP contribution is 2.34. The molecule has 0 fully saturated rings. The van der Waals surface area contributed by atoms with Gasteiger partial charge in [0.15, 0.2) is 6.10 Å². The average Bonchev–Trinajstić information content (AvgIpc) is 3.20. The van der Waals surface area contributed by atoms with Crippen molar-refractivity contribution in [1.82, 2.24) is 13.5 Å².